The summed E-state index contributed by atoms with van der Waals surface area (Å²) in [5.74, 6) is -1.42. The minimum atomic E-state index is -3.97. The Balaban J connectivity index is 3.14. The minimum Gasteiger partial charge on any atom is -0.495 e. The van der Waals surface area contributed by atoms with Crippen molar-refractivity contribution in [3.63, 3.8) is 0 Å². The lowest BCUT2D eigenvalue weighted by molar-refractivity contribution is -0.140. The smallest absolute Gasteiger partial charge is 0.322 e. The van der Waals surface area contributed by atoms with E-state index < -0.39 is 28.0 Å². The predicted octanol–water partition coefficient (Wildman–Crippen LogP) is 1.74. The van der Waals surface area contributed by atoms with E-state index in [0.717, 1.165) is 0 Å². The summed E-state index contributed by atoms with van der Waals surface area (Å²) in [6.07, 6.45) is 0. The van der Waals surface area contributed by atoms with Gasteiger partial charge in [0.2, 0.25) is 10.0 Å². The van der Waals surface area contributed by atoms with Crippen LogP contribution in [0, 0.1) is 5.92 Å². The van der Waals surface area contributed by atoms with Crippen LogP contribution in [0.25, 0.3) is 0 Å². The van der Waals surface area contributed by atoms with Crippen LogP contribution in [0.4, 0.5) is 0 Å². The zero-order valence-electron chi connectivity index (χ0n) is 11.3. The molecule has 0 saturated carbocycles. The van der Waals surface area contributed by atoms with E-state index in [-0.39, 0.29) is 15.7 Å². The Morgan fingerprint density at radius 1 is 1.40 bits per heavy atom. The number of halogens is 1. The van der Waals surface area contributed by atoms with Gasteiger partial charge in [-0.3, -0.25) is 4.79 Å². The summed E-state index contributed by atoms with van der Waals surface area (Å²) in [6, 6.07) is 2.69. The average Bonchev–Trinajstić information content (AvgIpc) is 2.35. The molecule has 0 spiro atoms. The highest BCUT2D eigenvalue weighted by Crippen LogP contribution is 2.27. The molecule has 1 unspecified atom stereocenters. The third kappa shape index (κ3) is 3.84. The van der Waals surface area contributed by atoms with Gasteiger partial charge in [0.05, 0.1) is 17.0 Å². The van der Waals surface area contributed by atoms with Crippen molar-refractivity contribution >= 4 is 27.6 Å². The Hall–Kier alpha value is -1.31. The van der Waals surface area contributed by atoms with Gasteiger partial charge >= 0.3 is 5.97 Å². The Labute approximate surface area is 122 Å². The van der Waals surface area contributed by atoms with Gasteiger partial charge in [-0.2, -0.15) is 4.72 Å². The van der Waals surface area contributed by atoms with Crippen LogP contribution in [0.15, 0.2) is 23.1 Å². The normalized spacial score (nSPS) is 13.2. The number of aliphatic carboxylic acids is 1. The van der Waals surface area contributed by atoms with Gasteiger partial charge in [-0.15, -0.1) is 0 Å². The summed E-state index contributed by atoms with van der Waals surface area (Å²) in [4.78, 5) is 10.9. The van der Waals surface area contributed by atoms with Gasteiger partial charge in [-0.1, -0.05) is 25.4 Å². The number of methoxy groups -OCH3 is 1. The summed E-state index contributed by atoms with van der Waals surface area (Å²) >= 11 is 5.82. The first-order valence-corrected chi connectivity index (χ1v) is 7.64. The van der Waals surface area contributed by atoms with E-state index in [0.29, 0.717) is 0 Å². The molecule has 0 aliphatic heterocycles. The molecule has 1 aromatic rings. The minimum absolute atomic E-state index is 0.106. The monoisotopic (exact) mass is 321 g/mol. The lowest BCUT2D eigenvalue weighted by Gasteiger charge is -2.18. The zero-order valence-corrected chi connectivity index (χ0v) is 12.8. The number of nitrogens with one attached hydrogen (secondary N) is 1. The summed E-state index contributed by atoms with van der Waals surface area (Å²) in [5.41, 5.74) is 0. The number of ether oxygens (including phenoxy) is 1. The summed E-state index contributed by atoms with van der Waals surface area (Å²) in [7, 11) is -2.61. The molecule has 1 aromatic carbocycles. The first-order chi connectivity index (χ1) is 9.19. The van der Waals surface area contributed by atoms with Crippen molar-refractivity contribution in [1.29, 1.82) is 0 Å². The number of carbonyl (C=O) groups is 1. The van der Waals surface area contributed by atoms with Crippen molar-refractivity contribution in [2.45, 2.75) is 24.8 Å². The third-order valence-corrected chi connectivity index (χ3v) is 4.40. The van der Waals surface area contributed by atoms with Gasteiger partial charge in [0, 0.05) is 6.07 Å². The molecule has 1 rings (SSSR count). The highest BCUT2D eigenvalue weighted by Gasteiger charge is 2.28. The molecule has 0 amide bonds. The van der Waals surface area contributed by atoms with Gasteiger partial charge in [0.15, 0.2) is 0 Å². The molecule has 0 heterocycles. The van der Waals surface area contributed by atoms with Crippen LogP contribution in [0.2, 0.25) is 5.02 Å². The molecule has 2 N–H and O–H groups in total. The molecule has 0 fully saturated rings. The summed E-state index contributed by atoms with van der Waals surface area (Å²) < 4.78 is 31.4. The predicted molar refractivity (Wildman–Crippen MR) is 74.6 cm³/mol. The number of benzene rings is 1. The number of sulfonamides is 1. The molecule has 0 saturated heterocycles. The number of hydrogen-bond donors (Lipinski definition) is 2. The van der Waals surface area contributed by atoms with E-state index in [1.807, 2.05) is 0 Å². The van der Waals surface area contributed by atoms with Crippen LogP contribution in [-0.2, 0) is 14.8 Å². The Morgan fingerprint density at radius 3 is 2.45 bits per heavy atom. The Morgan fingerprint density at radius 2 is 2.00 bits per heavy atom. The van der Waals surface area contributed by atoms with Crippen LogP contribution in [0.3, 0.4) is 0 Å². The maximum Gasteiger partial charge on any atom is 0.322 e. The number of carboxylic acid groups (broad SMARTS) is 1. The number of rotatable bonds is 6. The van der Waals surface area contributed by atoms with E-state index >= 15 is 0 Å². The van der Waals surface area contributed by atoms with Gasteiger partial charge in [-0.05, 0) is 18.1 Å². The zero-order chi connectivity index (χ0) is 15.5. The highest BCUT2D eigenvalue weighted by molar-refractivity contribution is 7.89. The maximum atomic E-state index is 12.2. The summed E-state index contributed by atoms with van der Waals surface area (Å²) in [6.45, 7) is 3.23. The Kier molecular flexibility index (Phi) is 5.38. The second-order valence-electron chi connectivity index (χ2n) is 4.48. The van der Waals surface area contributed by atoms with Gasteiger partial charge < -0.3 is 9.84 Å². The summed E-state index contributed by atoms with van der Waals surface area (Å²) in [5, 5.41) is 9.29. The van der Waals surface area contributed by atoms with E-state index in [1.54, 1.807) is 13.8 Å². The Bertz CT molecular complexity index is 600. The fraction of sp³-hybridized carbons (Fsp3) is 0.417. The highest BCUT2D eigenvalue weighted by atomic mass is 35.5. The first kappa shape index (κ1) is 16.7. The largest absolute Gasteiger partial charge is 0.495 e. The molecule has 1 atom stereocenters. The molecule has 112 valence electrons. The quantitative estimate of drug-likeness (QED) is 0.832. The second kappa shape index (κ2) is 6.43. The van der Waals surface area contributed by atoms with Gasteiger partial charge in [0.25, 0.3) is 0 Å². The molecule has 8 heteroatoms. The topological polar surface area (TPSA) is 92.7 Å². The molecule has 0 radical (unpaired) electrons. The van der Waals surface area contributed by atoms with Gasteiger partial charge in [0.1, 0.15) is 11.8 Å². The molecule has 6 nitrogen and oxygen atoms in total. The first-order valence-electron chi connectivity index (χ1n) is 5.77. The standard InChI is InChI=1S/C12H16ClNO5S/c1-7(2)11(12(15)16)14-20(17,18)8-4-5-9(13)10(6-8)19-3/h4-7,11,14H,1-3H3,(H,15,16). The molecule has 20 heavy (non-hydrogen) atoms. The SMILES string of the molecule is COc1cc(S(=O)(=O)NC(C(=O)O)C(C)C)ccc1Cl. The fourth-order valence-corrected chi connectivity index (χ4v) is 3.06. The lowest BCUT2D eigenvalue weighted by Crippen LogP contribution is -2.44. The molecule has 0 aliphatic rings. The van der Waals surface area contributed by atoms with Crippen molar-refractivity contribution < 1.29 is 23.1 Å². The van der Waals surface area contributed by atoms with E-state index in [9.17, 15) is 13.2 Å². The molecule has 0 aromatic heterocycles. The lowest BCUT2D eigenvalue weighted by atomic mass is 10.1. The average molecular weight is 322 g/mol. The second-order valence-corrected chi connectivity index (χ2v) is 6.60. The number of carboxylic acids is 1. The van der Waals surface area contributed by atoms with Crippen LogP contribution in [-0.4, -0.2) is 32.6 Å². The maximum absolute atomic E-state index is 12.2. The van der Waals surface area contributed by atoms with Crippen molar-refractivity contribution in [1.82, 2.24) is 4.72 Å². The van der Waals surface area contributed by atoms with Gasteiger partial charge in [-0.25, -0.2) is 8.42 Å². The van der Waals surface area contributed by atoms with Crippen LogP contribution < -0.4 is 9.46 Å². The molecule has 0 bridgehead atoms. The van der Waals surface area contributed by atoms with Crippen molar-refractivity contribution in [3.8, 4) is 5.75 Å². The fourth-order valence-electron chi connectivity index (χ4n) is 1.51. The van der Waals surface area contributed by atoms with Crippen molar-refractivity contribution in [2.24, 2.45) is 5.92 Å². The number of hydrogen-bond acceptors (Lipinski definition) is 4. The van der Waals surface area contributed by atoms with Crippen molar-refractivity contribution in [2.75, 3.05) is 7.11 Å². The van der Waals surface area contributed by atoms with Crippen LogP contribution in [0.1, 0.15) is 13.8 Å². The molecular weight excluding hydrogens is 306 g/mol. The molecular formula is C12H16ClNO5S. The van der Waals surface area contributed by atoms with Crippen LogP contribution >= 0.6 is 11.6 Å². The van der Waals surface area contributed by atoms with E-state index in [1.165, 1.54) is 25.3 Å². The van der Waals surface area contributed by atoms with E-state index in [2.05, 4.69) is 4.72 Å². The van der Waals surface area contributed by atoms with Crippen LogP contribution in [0.5, 0.6) is 5.75 Å². The van der Waals surface area contributed by atoms with E-state index in [4.69, 9.17) is 21.4 Å². The third-order valence-electron chi connectivity index (χ3n) is 2.65. The molecule has 0 aliphatic carbocycles. The van der Waals surface area contributed by atoms with Crippen molar-refractivity contribution in [3.05, 3.63) is 23.2 Å².